The first kappa shape index (κ1) is 22.7. The van der Waals surface area contributed by atoms with Crippen LogP contribution in [0.3, 0.4) is 0 Å². The third-order valence-electron chi connectivity index (χ3n) is 6.27. The van der Waals surface area contributed by atoms with Gasteiger partial charge in [0, 0.05) is 28.2 Å². The standard InChI is InChI=1S/C24H25BrN2O4S/c1-31-21-4-2-3-17-14(11-26-22(17)21)10-20(24(29)30)27-23(28)19(12-32)18-7-5-13-9-15(25)6-8-16(13)18/h2-4,6,8-9,11,18-20,26,32H,5,7,10,12H2,1H3,(H,27,28)(H,29,30). The van der Waals surface area contributed by atoms with Gasteiger partial charge in [-0.05, 0) is 53.6 Å². The van der Waals surface area contributed by atoms with Crippen LogP contribution in [0.25, 0.3) is 10.9 Å². The van der Waals surface area contributed by atoms with Crippen LogP contribution >= 0.6 is 28.6 Å². The summed E-state index contributed by atoms with van der Waals surface area (Å²) in [5.41, 5.74) is 4.00. The lowest BCUT2D eigenvalue weighted by Crippen LogP contribution is -2.46. The Hall–Kier alpha value is -2.45. The number of methoxy groups -OCH3 is 1. The van der Waals surface area contributed by atoms with Crippen LogP contribution in [0.2, 0.25) is 0 Å². The molecule has 3 aromatic rings. The molecule has 0 saturated carbocycles. The average Bonchev–Trinajstić information content (AvgIpc) is 3.37. The molecule has 3 unspecified atom stereocenters. The second-order valence-electron chi connectivity index (χ2n) is 8.08. The predicted molar refractivity (Wildman–Crippen MR) is 131 cm³/mol. The van der Waals surface area contributed by atoms with E-state index in [4.69, 9.17) is 4.74 Å². The zero-order chi connectivity index (χ0) is 22.8. The van der Waals surface area contributed by atoms with Gasteiger partial charge in [-0.1, -0.05) is 34.1 Å². The maximum Gasteiger partial charge on any atom is 0.326 e. The molecular weight excluding hydrogens is 492 g/mol. The zero-order valence-corrected chi connectivity index (χ0v) is 20.1. The van der Waals surface area contributed by atoms with Gasteiger partial charge >= 0.3 is 5.97 Å². The van der Waals surface area contributed by atoms with Gasteiger partial charge in [-0.25, -0.2) is 4.79 Å². The van der Waals surface area contributed by atoms with Gasteiger partial charge < -0.3 is 20.1 Å². The van der Waals surface area contributed by atoms with Crippen molar-refractivity contribution < 1.29 is 19.4 Å². The second-order valence-corrected chi connectivity index (χ2v) is 9.36. The highest BCUT2D eigenvalue weighted by Crippen LogP contribution is 2.40. The number of para-hydroxylation sites is 1. The summed E-state index contributed by atoms with van der Waals surface area (Å²) in [7, 11) is 1.59. The van der Waals surface area contributed by atoms with Crippen LogP contribution in [0, 0.1) is 5.92 Å². The van der Waals surface area contributed by atoms with Crippen molar-refractivity contribution in [2.45, 2.75) is 31.2 Å². The van der Waals surface area contributed by atoms with Crippen molar-refractivity contribution in [3.05, 3.63) is 63.8 Å². The quantitative estimate of drug-likeness (QED) is 0.335. The van der Waals surface area contributed by atoms with Crippen molar-refractivity contribution in [3.63, 3.8) is 0 Å². The van der Waals surface area contributed by atoms with Crippen LogP contribution in [0.1, 0.15) is 29.0 Å². The Morgan fingerprint density at radius 2 is 2.16 bits per heavy atom. The number of amides is 1. The van der Waals surface area contributed by atoms with Gasteiger partial charge in [-0.15, -0.1) is 0 Å². The van der Waals surface area contributed by atoms with Crippen molar-refractivity contribution in [2.24, 2.45) is 5.92 Å². The number of ether oxygens (including phenoxy) is 1. The van der Waals surface area contributed by atoms with Gasteiger partial charge in [0.05, 0.1) is 18.5 Å². The minimum Gasteiger partial charge on any atom is -0.495 e. The van der Waals surface area contributed by atoms with Crippen LogP contribution in [0.15, 0.2) is 47.1 Å². The highest BCUT2D eigenvalue weighted by Gasteiger charge is 2.35. The van der Waals surface area contributed by atoms with E-state index >= 15 is 0 Å². The Balaban J connectivity index is 1.53. The molecule has 0 spiro atoms. The number of hydrogen-bond acceptors (Lipinski definition) is 4. The lowest BCUT2D eigenvalue weighted by atomic mass is 9.87. The van der Waals surface area contributed by atoms with Crippen LogP contribution in [-0.4, -0.2) is 40.9 Å². The summed E-state index contributed by atoms with van der Waals surface area (Å²) >= 11 is 7.94. The summed E-state index contributed by atoms with van der Waals surface area (Å²) in [6.45, 7) is 0. The molecule has 168 valence electrons. The highest BCUT2D eigenvalue weighted by molar-refractivity contribution is 9.10. The largest absolute Gasteiger partial charge is 0.495 e. The molecule has 0 aliphatic heterocycles. The molecule has 1 heterocycles. The van der Waals surface area contributed by atoms with Gasteiger partial charge in [0.2, 0.25) is 5.91 Å². The van der Waals surface area contributed by atoms with Gasteiger partial charge in [-0.3, -0.25) is 4.79 Å². The highest BCUT2D eigenvalue weighted by atomic mass is 79.9. The molecular formula is C24H25BrN2O4S. The van der Waals surface area contributed by atoms with Crippen molar-refractivity contribution in [1.29, 1.82) is 0 Å². The maximum atomic E-state index is 13.2. The lowest BCUT2D eigenvalue weighted by Gasteiger charge is -2.24. The molecule has 1 aromatic heterocycles. The lowest BCUT2D eigenvalue weighted by molar-refractivity contribution is -0.142. The molecule has 0 radical (unpaired) electrons. The molecule has 3 atom stereocenters. The number of thiol groups is 1. The number of aryl methyl sites for hydroxylation is 1. The first-order valence-electron chi connectivity index (χ1n) is 10.5. The number of carboxylic acid groups (broad SMARTS) is 1. The number of benzene rings is 2. The van der Waals surface area contributed by atoms with Crippen LogP contribution in [0.5, 0.6) is 5.75 Å². The Morgan fingerprint density at radius 3 is 2.88 bits per heavy atom. The minimum atomic E-state index is -1.07. The minimum absolute atomic E-state index is 0.0300. The summed E-state index contributed by atoms with van der Waals surface area (Å²) in [6.07, 6.45) is 3.69. The van der Waals surface area contributed by atoms with E-state index in [-0.39, 0.29) is 18.2 Å². The molecule has 0 fully saturated rings. The third-order valence-corrected chi connectivity index (χ3v) is 7.16. The fourth-order valence-electron chi connectivity index (χ4n) is 4.65. The van der Waals surface area contributed by atoms with Crippen LogP contribution in [-0.2, 0) is 22.4 Å². The monoisotopic (exact) mass is 516 g/mol. The summed E-state index contributed by atoms with van der Waals surface area (Å²) in [5.74, 6) is -0.669. The fourth-order valence-corrected chi connectivity index (χ4v) is 5.48. The number of carboxylic acids is 1. The second kappa shape index (κ2) is 9.58. The molecule has 6 nitrogen and oxygen atoms in total. The Bertz CT molecular complexity index is 1160. The molecule has 8 heteroatoms. The van der Waals surface area contributed by atoms with Gasteiger partial charge in [0.25, 0.3) is 0 Å². The number of aromatic nitrogens is 1. The Kier molecular flexibility index (Phi) is 6.81. The van der Waals surface area contributed by atoms with Gasteiger partial charge in [0.1, 0.15) is 11.8 Å². The maximum absolute atomic E-state index is 13.2. The average molecular weight is 517 g/mol. The van der Waals surface area contributed by atoms with E-state index in [1.807, 2.05) is 24.3 Å². The summed E-state index contributed by atoms with van der Waals surface area (Å²) in [4.78, 5) is 28.4. The van der Waals surface area contributed by atoms with Crippen LogP contribution < -0.4 is 10.1 Å². The zero-order valence-electron chi connectivity index (χ0n) is 17.6. The van der Waals surface area contributed by atoms with E-state index in [1.54, 1.807) is 13.3 Å². The third kappa shape index (κ3) is 4.38. The molecule has 32 heavy (non-hydrogen) atoms. The first-order valence-corrected chi connectivity index (χ1v) is 11.9. The fraction of sp³-hybridized carbons (Fsp3) is 0.333. The van der Waals surface area contributed by atoms with Crippen molar-refractivity contribution in [1.82, 2.24) is 10.3 Å². The molecule has 2 aromatic carbocycles. The number of carbonyl (C=O) groups excluding carboxylic acids is 1. The summed E-state index contributed by atoms with van der Waals surface area (Å²) < 4.78 is 6.39. The van der Waals surface area contributed by atoms with Crippen molar-refractivity contribution >= 4 is 51.3 Å². The first-order chi connectivity index (χ1) is 15.4. The normalized spacial score (nSPS) is 17.0. The van der Waals surface area contributed by atoms with Gasteiger partial charge in [-0.2, -0.15) is 12.6 Å². The topological polar surface area (TPSA) is 91.4 Å². The smallest absolute Gasteiger partial charge is 0.326 e. The number of carbonyl (C=O) groups is 2. The molecule has 3 N–H and O–H groups in total. The number of rotatable bonds is 8. The van der Waals surface area contributed by atoms with Crippen LogP contribution in [0.4, 0.5) is 0 Å². The predicted octanol–water partition coefficient (Wildman–Crippen LogP) is 4.33. The van der Waals surface area contributed by atoms with E-state index in [2.05, 4.69) is 51.0 Å². The number of halogens is 1. The van der Waals surface area contributed by atoms with E-state index in [0.717, 1.165) is 39.3 Å². The van der Waals surface area contributed by atoms with Crippen molar-refractivity contribution in [3.8, 4) is 5.75 Å². The Labute approximate surface area is 200 Å². The van der Waals surface area contributed by atoms with E-state index in [0.29, 0.717) is 11.5 Å². The molecule has 1 aliphatic carbocycles. The molecule has 1 amide bonds. The molecule has 1 aliphatic rings. The number of aromatic amines is 1. The van der Waals surface area contributed by atoms with E-state index in [1.165, 1.54) is 5.56 Å². The Morgan fingerprint density at radius 1 is 1.34 bits per heavy atom. The number of fused-ring (bicyclic) bond motifs is 2. The molecule has 0 saturated heterocycles. The molecule has 0 bridgehead atoms. The van der Waals surface area contributed by atoms with E-state index in [9.17, 15) is 14.7 Å². The number of nitrogens with one attached hydrogen (secondary N) is 2. The SMILES string of the molecule is COc1cccc2c(CC(NC(=O)C(CS)C3CCc4cc(Br)ccc43)C(=O)O)c[nH]c12. The number of aliphatic carboxylic acids is 1. The summed E-state index contributed by atoms with van der Waals surface area (Å²) in [6, 6.07) is 10.7. The summed E-state index contributed by atoms with van der Waals surface area (Å²) in [5, 5.41) is 13.5. The van der Waals surface area contributed by atoms with E-state index < -0.39 is 17.9 Å². The number of H-pyrrole nitrogens is 1. The van der Waals surface area contributed by atoms with Crippen molar-refractivity contribution in [2.75, 3.05) is 12.9 Å². The van der Waals surface area contributed by atoms with Gasteiger partial charge in [0.15, 0.2) is 0 Å². The number of hydrogen-bond donors (Lipinski definition) is 4. The molecule has 4 rings (SSSR count).